The van der Waals surface area contributed by atoms with Crippen LogP contribution in [0.15, 0.2) is 43.1 Å². The lowest BCUT2D eigenvalue weighted by Crippen LogP contribution is -2.25. The molecule has 3 aromatic rings. The van der Waals surface area contributed by atoms with E-state index in [0.29, 0.717) is 43.3 Å². The van der Waals surface area contributed by atoms with E-state index in [1.165, 1.54) is 11.1 Å². The van der Waals surface area contributed by atoms with Gasteiger partial charge in [-0.15, -0.1) is 0 Å². The molecule has 9 heteroatoms. The number of fused-ring (bicyclic) bond motifs is 1. The van der Waals surface area contributed by atoms with Crippen LogP contribution in [-0.4, -0.2) is 29.1 Å². The van der Waals surface area contributed by atoms with Gasteiger partial charge in [-0.2, -0.15) is 9.78 Å². The molecule has 186 valence electrons. The summed E-state index contributed by atoms with van der Waals surface area (Å²) in [6.07, 6.45) is 7.87. The first-order valence-electron chi connectivity index (χ1n) is 11.8. The van der Waals surface area contributed by atoms with Gasteiger partial charge in [0, 0.05) is 20.4 Å². The van der Waals surface area contributed by atoms with Gasteiger partial charge >= 0.3 is 0 Å². The smallest absolute Gasteiger partial charge is 0.282 e. The first kappa shape index (κ1) is 26.2. The van der Waals surface area contributed by atoms with E-state index in [-0.39, 0.29) is 17.6 Å². The number of methoxy groups -OCH3 is 1. The van der Waals surface area contributed by atoms with Gasteiger partial charge in [0.15, 0.2) is 11.5 Å². The van der Waals surface area contributed by atoms with Crippen molar-refractivity contribution in [1.29, 1.82) is 0 Å². The highest BCUT2D eigenvalue weighted by Crippen LogP contribution is 2.43. The summed E-state index contributed by atoms with van der Waals surface area (Å²) in [6, 6.07) is 7.37. The van der Waals surface area contributed by atoms with E-state index >= 15 is 0 Å². The first-order valence-corrected chi connectivity index (χ1v) is 13.8. The van der Waals surface area contributed by atoms with Crippen LogP contribution in [0.2, 0.25) is 5.02 Å². The molecule has 1 atom stereocenters. The molecule has 1 fully saturated rings. The second kappa shape index (κ2) is 11.4. The van der Waals surface area contributed by atoms with Crippen LogP contribution in [0.1, 0.15) is 69.7 Å². The molecular weight excluding hydrogens is 598 g/mol. The van der Waals surface area contributed by atoms with Crippen LogP contribution in [-0.2, 0) is 0 Å². The predicted octanol–water partition coefficient (Wildman–Crippen LogP) is 7.69. The van der Waals surface area contributed by atoms with Crippen molar-refractivity contribution in [3.05, 3.63) is 60.0 Å². The van der Waals surface area contributed by atoms with Crippen LogP contribution >= 0.6 is 43.5 Å². The van der Waals surface area contributed by atoms with E-state index in [0.717, 1.165) is 36.6 Å². The molecule has 0 N–H and O–H groups in total. The monoisotopic (exact) mass is 623 g/mol. The van der Waals surface area contributed by atoms with Crippen LogP contribution in [0.3, 0.4) is 0 Å². The van der Waals surface area contributed by atoms with Gasteiger partial charge in [-0.05, 0) is 66.4 Å². The van der Waals surface area contributed by atoms with Crippen LogP contribution in [0.25, 0.3) is 10.9 Å². The Morgan fingerprint density at radius 3 is 2.69 bits per heavy atom. The van der Waals surface area contributed by atoms with Crippen LogP contribution in [0.5, 0.6) is 11.5 Å². The molecule has 1 heterocycles. The largest absolute Gasteiger partial charge is 0.493 e. The number of hydrogen-bond acceptors (Lipinski definition) is 5. The van der Waals surface area contributed by atoms with Crippen molar-refractivity contribution in [3.63, 3.8) is 0 Å². The topological polar surface area (TPSA) is 65.7 Å². The third-order valence-corrected chi connectivity index (χ3v) is 8.32. The summed E-state index contributed by atoms with van der Waals surface area (Å²) in [7, 11) is 1.57. The fourth-order valence-corrected chi connectivity index (χ4v) is 5.27. The lowest BCUT2D eigenvalue weighted by atomic mass is 9.88. The Morgan fingerprint density at radius 2 is 2.00 bits per heavy atom. The molecule has 1 aliphatic carbocycles. The molecule has 2 aromatic carbocycles. The molecule has 4 rings (SSSR count). The summed E-state index contributed by atoms with van der Waals surface area (Å²) in [4.78, 5) is 18.4. The van der Waals surface area contributed by atoms with Crippen molar-refractivity contribution in [3.8, 4) is 11.5 Å². The molecular formula is C26H28Br2ClN3O3. The maximum atomic E-state index is 13.6. The predicted molar refractivity (Wildman–Crippen MR) is 149 cm³/mol. The average Bonchev–Trinajstić information content (AvgIpc) is 2.87. The SMILES string of the molecule is CC[C@H](C)Oc1c(OC)cc(C=Nn2c(C3CCCCC3)nc3ccc(Br)cc3c2=O)c(Br)c1Cl. The Morgan fingerprint density at radius 1 is 1.26 bits per heavy atom. The summed E-state index contributed by atoms with van der Waals surface area (Å²) >= 11 is 13.7. The Hall–Kier alpha value is -1.90. The van der Waals surface area contributed by atoms with Crippen molar-refractivity contribution < 1.29 is 9.47 Å². The number of benzene rings is 2. The highest BCUT2D eigenvalue weighted by molar-refractivity contribution is 9.10. The molecule has 0 amide bonds. The van der Waals surface area contributed by atoms with Gasteiger partial charge in [0.25, 0.3) is 5.56 Å². The lowest BCUT2D eigenvalue weighted by Gasteiger charge is -2.23. The molecule has 0 saturated heterocycles. The molecule has 35 heavy (non-hydrogen) atoms. The number of rotatable bonds is 7. The molecule has 6 nitrogen and oxygen atoms in total. The second-order valence-corrected chi connectivity index (χ2v) is 10.9. The maximum absolute atomic E-state index is 13.6. The van der Waals surface area contributed by atoms with Crippen LogP contribution in [0, 0.1) is 0 Å². The molecule has 1 aliphatic rings. The van der Waals surface area contributed by atoms with Gasteiger partial charge in [0.1, 0.15) is 10.8 Å². The first-order chi connectivity index (χ1) is 16.8. The number of aromatic nitrogens is 2. The summed E-state index contributed by atoms with van der Waals surface area (Å²) in [6.45, 7) is 4.02. The molecule has 0 aliphatic heterocycles. The number of halogens is 3. The van der Waals surface area contributed by atoms with Gasteiger partial charge in [-0.25, -0.2) is 4.98 Å². The highest BCUT2D eigenvalue weighted by atomic mass is 79.9. The fraction of sp³-hybridized carbons (Fsp3) is 0.423. The summed E-state index contributed by atoms with van der Waals surface area (Å²) in [5.74, 6) is 1.87. The van der Waals surface area contributed by atoms with Gasteiger partial charge in [0.05, 0.1) is 30.3 Å². The molecule has 0 unspecified atom stereocenters. The summed E-state index contributed by atoms with van der Waals surface area (Å²) in [5.41, 5.74) is 1.15. The molecule has 0 bridgehead atoms. The van der Waals surface area contributed by atoms with Crippen molar-refractivity contribution in [2.75, 3.05) is 7.11 Å². The summed E-state index contributed by atoms with van der Waals surface area (Å²) in [5, 5.41) is 5.54. The van der Waals surface area contributed by atoms with Crippen molar-refractivity contribution in [1.82, 2.24) is 9.66 Å². The zero-order valence-electron chi connectivity index (χ0n) is 20.0. The lowest BCUT2D eigenvalue weighted by molar-refractivity contribution is 0.207. The van der Waals surface area contributed by atoms with Crippen molar-refractivity contribution >= 4 is 60.6 Å². The molecule has 0 radical (unpaired) electrons. The number of hydrogen-bond donors (Lipinski definition) is 0. The van der Waals surface area contributed by atoms with Crippen LogP contribution < -0.4 is 15.0 Å². The standard InChI is InChI=1S/C26H28Br2ClN3O3/c1-4-15(2)35-24-21(34-3)12-17(22(28)23(24)29)14-30-32-25(16-8-6-5-7-9-16)31-20-11-10-18(27)13-19(20)26(32)33/h10-16H,4-9H2,1-3H3/t15-/m0/s1. The Kier molecular flexibility index (Phi) is 8.55. The number of ether oxygens (including phenoxy) is 2. The third-order valence-electron chi connectivity index (χ3n) is 6.39. The zero-order chi connectivity index (χ0) is 25.1. The minimum atomic E-state index is -0.195. The van der Waals surface area contributed by atoms with Crippen molar-refractivity contribution in [2.24, 2.45) is 5.10 Å². The van der Waals surface area contributed by atoms with Gasteiger partial charge in [-0.1, -0.05) is 53.7 Å². The molecule has 1 aromatic heterocycles. The second-order valence-electron chi connectivity index (χ2n) is 8.79. The normalized spacial score (nSPS) is 15.6. The Bertz CT molecular complexity index is 1320. The summed E-state index contributed by atoms with van der Waals surface area (Å²) < 4.78 is 14.4. The zero-order valence-corrected chi connectivity index (χ0v) is 23.9. The third kappa shape index (κ3) is 5.59. The van der Waals surface area contributed by atoms with E-state index in [1.54, 1.807) is 25.5 Å². The van der Waals surface area contributed by atoms with Gasteiger partial charge < -0.3 is 9.47 Å². The average molecular weight is 626 g/mol. The minimum absolute atomic E-state index is 0.0209. The van der Waals surface area contributed by atoms with E-state index < -0.39 is 0 Å². The number of nitrogens with zero attached hydrogens (tertiary/aromatic N) is 3. The van der Waals surface area contributed by atoms with E-state index in [2.05, 4.69) is 37.0 Å². The maximum Gasteiger partial charge on any atom is 0.282 e. The van der Waals surface area contributed by atoms with E-state index in [1.807, 2.05) is 26.0 Å². The Labute approximate surface area is 226 Å². The van der Waals surface area contributed by atoms with E-state index in [4.69, 9.17) is 26.1 Å². The van der Waals surface area contributed by atoms with Gasteiger partial charge in [0.2, 0.25) is 0 Å². The fourth-order valence-electron chi connectivity index (χ4n) is 4.27. The molecule has 1 saturated carbocycles. The van der Waals surface area contributed by atoms with E-state index in [9.17, 15) is 4.79 Å². The van der Waals surface area contributed by atoms with Crippen molar-refractivity contribution in [2.45, 2.75) is 64.4 Å². The quantitative estimate of drug-likeness (QED) is 0.253. The Balaban J connectivity index is 1.83. The molecule has 0 spiro atoms. The van der Waals surface area contributed by atoms with Crippen LogP contribution in [0.4, 0.5) is 0 Å². The van der Waals surface area contributed by atoms with Gasteiger partial charge in [-0.3, -0.25) is 4.79 Å². The highest BCUT2D eigenvalue weighted by Gasteiger charge is 2.23. The minimum Gasteiger partial charge on any atom is -0.493 e.